The molecule has 19 heavy (non-hydrogen) atoms. The summed E-state index contributed by atoms with van der Waals surface area (Å²) in [5.74, 6) is 2.60. The molecule has 5 nitrogen and oxygen atoms in total. The van der Waals surface area contributed by atoms with Crippen molar-refractivity contribution >= 4 is 28.3 Å². The van der Waals surface area contributed by atoms with E-state index in [1.54, 1.807) is 0 Å². The zero-order chi connectivity index (χ0) is 13.2. The number of aryl methyl sites for hydroxylation is 1. The summed E-state index contributed by atoms with van der Waals surface area (Å²) in [5, 5.41) is 8.64. The monoisotopic (exact) mass is 296 g/mol. The molecule has 102 valence electrons. The van der Waals surface area contributed by atoms with Crippen LogP contribution in [-0.4, -0.2) is 27.3 Å². The van der Waals surface area contributed by atoms with Gasteiger partial charge in [-0.15, -0.1) is 0 Å². The Labute approximate surface area is 120 Å². The van der Waals surface area contributed by atoms with Gasteiger partial charge in [0.05, 0.1) is 16.5 Å². The molecule has 1 saturated heterocycles. The lowest BCUT2D eigenvalue weighted by Gasteiger charge is -2.17. The third-order valence-electron chi connectivity index (χ3n) is 3.21. The van der Waals surface area contributed by atoms with E-state index in [4.69, 9.17) is 4.52 Å². The lowest BCUT2D eigenvalue weighted by Crippen LogP contribution is -2.03. The maximum atomic E-state index is 5.44. The predicted molar refractivity (Wildman–Crippen MR) is 78.7 cm³/mol. The molecule has 3 heterocycles. The Morgan fingerprint density at radius 3 is 3.00 bits per heavy atom. The van der Waals surface area contributed by atoms with E-state index in [2.05, 4.69) is 19.8 Å². The average Bonchev–Trinajstić information content (AvgIpc) is 3.05. The fourth-order valence-electron chi connectivity index (χ4n) is 2.20. The first-order valence-corrected chi connectivity index (χ1v) is 8.21. The van der Waals surface area contributed by atoms with E-state index < -0.39 is 0 Å². The van der Waals surface area contributed by atoms with Gasteiger partial charge < -0.3 is 9.84 Å². The van der Waals surface area contributed by atoms with Crippen LogP contribution in [0.4, 0.5) is 5.00 Å². The van der Waals surface area contributed by atoms with Crippen molar-refractivity contribution in [1.82, 2.24) is 14.5 Å². The number of rotatable bonds is 3. The van der Waals surface area contributed by atoms with E-state index >= 15 is 0 Å². The van der Waals surface area contributed by atoms with Crippen molar-refractivity contribution in [2.75, 3.05) is 18.1 Å². The van der Waals surface area contributed by atoms with Gasteiger partial charge in [0.2, 0.25) is 0 Å². The van der Waals surface area contributed by atoms with Crippen molar-refractivity contribution in [2.45, 2.75) is 31.4 Å². The molecule has 2 aromatic heterocycles. The third kappa shape index (κ3) is 2.49. The highest BCUT2D eigenvalue weighted by Gasteiger charge is 2.24. The van der Waals surface area contributed by atoms with E-state index in [1.807, 2.05) is 25.7 Å². The predicted octanol–water partition coefficient (Wildman–Crippen LogP) is 3.50. The number of hydrogen-bond acceptors (Lipinski definition) is 7. The van der Waals surface area contributed by atoms with Crippen molar-refractivity contribution < 1.29 is 4.52 Å². The van der Waals surface area contributed by atoms with Gasteiger partial charge in [0, 0.05) is 7.05 Å². The van der Waals surface area contributed by atoms with Crippen LogP contribution in [-0.2, 0) is 0 Å². The zero-order valence-electron chi connectivity index (χ0n) is 11.0. The molecule has 0 saturated carbocycles. The summed E-state index contributed by atoms with van der Waals surface area (Å²) >= 11 is 3.35. The lowest BCUT2D eigenvalue weighted by atomic mass is 10.2. The number of aromatic nitrogens is 3. The van der Waals surface area contributed by atoms with Gasteiger partial charge in [-0.25, -0.2) is 0 Å². The largest absolute Gasteiger partial charge is 0.378 e. The summed E-state index contributed by atoms with van der Waals surface area (Å²) in [4.78, 5) is 4.57. The SMILES string of the molecule is CNc1snc(C)c1-c1nc(C2CCCCS2)no1. The molecule has 1 fully saturated rings. The highest BCUT2D eigenvalue weighted by molar-refractivity contribution is 7.99. The van der Waals surface area contributed by atoms with Gasteiger partial charge in [0.1, 0.15) is 5.00 Å². The maximum Gasteiger partial charge on any atom is 0.262 e. The molecular weight excluding hydrogens is 280 g/mol. The smallest absolute Gasteiger partial charge is 0.262 e. The minimum Gasteiger partial charge on any atom is -0.378 e. The minimum atomic E-state index is 0.385. The first kappa shape index (κ1) is 12.9. The van der Waals surface area contributed by atoms with Crippen molar-refractivity contribution in [1.29, 1.82) is 0 Å². The van der Waals surface area contributed by atoms with Crippen molar-refractivity contribution in [2.24, 2.45) is 0 Å². The summed E-state index contributed by atoms with van der Waals surface area (Å²) in [6.07, 6.45) is 3.69. The molecule has 0 bridgehead atoms. The van der Waals surface area contributed by atoms with Crippen LogP contribution in [0.1, 0.15) is 36.0 Å². The molecule has 2 aromatic rings. The highest BCUT2D eigenvalue weighted by atomic mass is 32.2. The Kier molecular flexibility index (Phi) is 3.74. The highest BCUT2D eigenvalue weighted by Crippen LogP contribution is 2.39. The van der Waals surface area contributed by atoms with E-state index in [0.717, 1.165) is 28.5 Å². The third-order valence-corrected chi connectivity index (χ3v) is 5.54. The van der Waals surface area contributed by atoms with Gasteiger partial charge in [-0.3, -0.25) is 0 Å². The first-order chi connectivity index (χ1) is 9.29. The number of hydrogen-bond donors (Lipinski definition) is 1. The van der Waals surface area contributed by atoms with Crippen LogP contribution in [0.25, 0.3) is 11.5 Å². The molecule has 3 rings (SSSR count). The summed E-state index contributed by atoms with van der Waals surface area (Å²) in [6, 6.07) is 0. The Bertz CT molecular complexity index is 560. The van der Waals surface area contributed by atoms with Crippen molar-refractivity contribution in [3.63, 3.8) is 0 Å². The maximum absolute atomic E-state index is 5.44. The molecular formula is C12H16N4OS2. The molecule has 0 aliphatic carbocycles. The fraction of sp³-hybridized carbons (Fsp3) is 0.583. The molecule has 0 amide bonds. The Morgan fingerprint density at radius 2 is 2.26 bits per heavy atom. The Balaban J connectivity index is 1.89. The second kappa shape index (κ2) is 5.50. The molecule has 0 spiro atoms. The van der Waals surface area contributed by atoms with Gasteiger partial charge in [-0.2, -0.15) is 21.1 Å². The second-order valence-electron chi connectivity index (χ2n) is 4.54. The van der Waals surface area contributed by atoms with Crippen LogP contribution < -0.4 is 5.32 Å². The topological polar surface area (TPSA) is 63.8 Å². The normalized spacial score (nSPS) is 19.6. The van der Waals surface area contributed by atoms with Gasteiger partial charge in [0.15, 0.2) is 5.82 Å². The minimum absolute atomic E-state index is 0.385. The van der Waals surface area contributed by atoms with Crippen LogP contribution in [0.3, 0.4) is 0 Å². The van der Waals surface area contributed by atoms with Crippen molar-refractivity contribution in [3.8, 4) is 11.5 Å². The molecule has 1 N–H and O–H groups in total. The molecule has 1 aliphatic heterocycles. The quantitative estimate of drug-likeness (QED) is 0.935. The molecule has 1 aliphatic rings. The van der Waals surface area contributed by atoms with E-state index in [-0.39, 0.29) is 0 Å². The molecule has 7 heteroatoms. The van der Waals surface area contributed by atoms with Crippen LogP contribution in [0.2, 0.25) is 0 Å². The first-order valence-electron chi connectivity index (χ1n) is 6.39. The standard InChI is InChI=1S/C12H16N4OS2/c1-7-9(12(13-2)19-16-7)11-14-10(15-17-11)8-5-3-4-6-18-8/h8,13H,3-6H2,1-2H3. The summed E-state index contributed by atoms with van der Waals surface area (Å²) in [7, 11) is 1.88. The molecule has 0 radical (unpaired) electrons. The second-order valence-corrected chi connectivity index (χ2v) is 6.62. The average molecular weight is 296 g/mol. The van der Waals surface area contributed by atoms with Gasteiger partial charge in [-0.05, 0) is 37.1 Å². The van der Waals surface area contributed by atoms with E-state index in [9.17, 15) is 0 Å². The van der Waals surface area contributed by atoms with Crippen LogP contribution in [0.5, 0.6) is 0 Å². The van der Waals surface area contributed by atoms with Crippen LogP contribution in [0, 0.1) is 6.92 Å². The number of anilines is 1. The van der Waals surface area contributed by atoms with Crippen molar-refractivity contribution in [3.05, 3.63) is 11.5 Å². The zero-order valence-corrected chi connectivity index (χ0v) is 12.6. The summed E-state index contributed by atoms with van der Waals surface area (Å²) in [6.45, 7) is 1.96. The molecule has 1 unspecified atom stereocenters. The Morgan fingerprint density at radius 1 is 1.37 bits per heavy atom. The molecule has 0 aromatic carbocycles. The van der Waals surface area contributed by atoms with Crippen LogP contribution in [0.15, 0.2) is 4.52 Å². The summed E-state index contributed by atoms with van der Waals surface area (Å²) < 4.78 is 9.77. The number of nitrogens with zero attached hydrogens (tertiary/aromatic N) is 3. The summed E-state index contributed by atoms with van der Waals surface area (Å²) in [5.41, 5.74) is 1.87. The Hall–Kier alpha value is -1.08. The fourth-order valence-corrected chi connectivity index (χ4v) is 4.17. The van der Waals surface area contributed by atoms with Gasteiger partial charge in [0.25, 0.3) is 5.89 Å². The van der Waals surface area contributed by atoms with E-state index in [1.165, 1.54) is 30.1 Å². The van der Waals surface area contributed by atoms with Crippen LogP contribution >= 0.6 is 23.3 Å². The number of nitrogens with one attached hydrogen (secondary N) is 1. The lowest BCUT2D eigenvalue weighted by molar-refractivity contribution is 0.420. The van der Waals surface area contributed by atoms with Gasteiger partial charge in [-0.1, -0.05) is 11.6 Å². The number of thioether (sulfide) groups is 1. The van der Waals surface area contributed by atoms with E-state index in [0.29, 0.717) is 11.1 Å². The molecule has 1 atom stereocenters. The van der Waals surface area contributed by atoms with Gasteiger partial charge >= 0.3 is 0 Å².